The van der Waals surface area contributed by atoms with Gasteiger partial charge in [0.15, 0.2) is 5.78 Å². The van der Waals surface area contributed by atoms with Crippen molar-refractivity contribution in [2.45, 2.75) is 0 Å². The second-order valence-corrected chi connectivity index (χ2v) is 9.19. The van der Waals surface area contributed by atoms with Gasteiger partial charge in [-0.15, -0.1) is 0 Å². The minimum atomic E-state index is -0.483. The van der Waals surface area contributed by atoms with E-state index < -0.39 is 11.1 Å². The normalized spacial score (nSPS) is 14.5. The Morgan fingerprint density at radius 1 is 0.882 bits per heavy atom. The molecule has 0 radical (unpaired) electrons. The molecule has 3 aromatic carbocycles. The van der Waals surface area contributed by atoms with Crippen LogP contribution in [-0.4, -0.2) is 41.6 Å². The molecule has 0 spiro atoms. The van der Waals surface area contributed by atoms with Crippen molar-refractivity contribution in [2.24, 2.45) is 0 Å². The zero-order chi connectivity index (χ0) is 23.9. The Labute approximate surface area is 209 Å². The molecule has 0 N–H and O–H groups in total. The molecule has 2 amide bonds. The third-order valence-corrected chi connectivity index (χ3v) is 6.30. The lowest BCUT2D eigenvalue weighted by Gasteiger charge is -2.11. The first-order chi connectivity index (χ1) is 16.5. The van der Waals surface area contributed by atoms with Crippen LogP contribution >= 0.6 is 27.7 Å². The fourth-order valence-corrected chi connectivity index (χ4v) is 4.29. The van der Waals surface area contributed by atoms with Crippen molar-refractivity contribution in [1.82, 2.24) is 4.90 Å². The standard InChI is InChI=1S/C26H20BrNO5S/c27-20-11-9-19(10-12-20)23(29)17-28-25(30)24(34-26(28)31)16-18-5-4-8-22(15-18)33-14-13-32-21-6-2-1-3-7-21/h1-12,15-16H,13-14,17H2/b24-16+. The van der Waals surface area contributed by atoms with E-state index in [2.05, 4.69) is 15.9 Å². The van der Waals surface area contributed by atoms with Crippen molar-refractivity contribution in [2.75, 3.05) is 19.8 Å². The Balaban J connectivity index is 1.36. The highest BCUT2D eigenvalue weighted by molar-refractivity contribution is 9.10. The summed E-state index contributed by atoms with van der Waals surface area (Å²) in [6, 6.07) is 23.5. The smallest absolute Gasteiger partial charge is 0.293 e. The molecule has 0 atom stereocenters. The summed E-state index contributed by atoms with van der Waals surface area (Å²) in [6.07, 6.45) is 1.63. The molecule has 1 aliphatic rings. The highest BCUT2D eigenvalue weighted by Gasteiger charge is 2.36. The highest BCUT2D eigenvalue weighted by atomic mass is 79.9. The van der Waals surface area contributed by atoms with Gasteiger partial charge < -0.3 is 9.47 Å². The number of hydrogen-bond donors (Lipinski definition) is 0. The number of carbonyl (C=O) groups excluding carboxylic acids is 3. The van der Waals surface area contributed by atoms with Crippen LogP contribution in [0.4, 0.5) is 4.79 Å². The molecule has 34 heavy (non-hydrogen) atoms. The van der Waals surface area contributed by atoms with Gasteiger partial charge in [0.05, 0.1) is 11.4 Å². The van der Waals surface area contributed by atoms with Crippen LogP contribution in [0.15, 0.2) is 88.2 Å². The SMILES string of the molecule is O=C(CN1C(=O)S/C(=C/c2cccc(OCCOc3ccccc3)c2)C1=O)c1ccc(Br)cc1. The topological polar surface area (TPSA) is 72.9 Å². The van der Waals surface area contributed by atoms with Gasteiger partial charge in [-0.2, -0.15) is 0 Å². The molecule has 0 bridgehead atoms. The van der Waals surface area contributed by atoms with E-state index in [-0.39, 0.29) is 17.2 Å². The first-order valence-electron chi connectivity index (χ1n) is 10.4. The molecule has 1 fully saturated rings. The van der Waals surface area contributed by atoms with Gasteiger partial charge in [-0.1, -0.05) is 58.4 Å². The lowest BCUT2D eigenvalue weighted by Crippen LogP contribution is -2.33. The average Bonchev–Trinajstić information content (AvgIpc) is 3.10. The maximum Gasteiger partial charge on any atom is 0.293 e. The van der Waals surface area contributed by atoms with Crippen molar-refractivity contribution in [3.8, 4) is 11.5 Å². The molecule has 0 unspecified atom stereocenters. The summed E-state index contributed by atoms with van der Waals surface area (Å²) in [6.45, 7) is 0.445. The number of Topliss-reactive ketones (excluding diaryl/α,β-unsaturated/α-hetero) is 1. The number of ether oxygens (including phenoxy) is 2. The maximum absolute atomic E-state index is 12.8. The van der Waals surface area contributed by atoms with Gasteiger partial charge in [0.2, 0.25) is 0 Å². The first kappa shape index (κ1) is 23.8. The molecule has 0 aromatic heterocycles. The number of rotatable bonds is 9. The van der Waals surface area contributed by atoms with E-state index in [0.29, 0.717) is 30.1 Å². The summed E-state index contributed by atoms with van der Waals surface area (Å²) >= 11 is 4.14. The number of nitrogens with zero attached hydrogens (tertiary/aromatic N) is 1. The maximum atomic E-state index is 12.8. The van der Waals surface area contributed by atoms with Crippen LogP contribution in [0, 0.1) is 0 Å². The summed E-state index contributed by atoms with van der Waals surface area (Å²) in [5.74, 6) is 0.608. The molecule has 0 saturated carbocycles. The quantitative estimate of drug-likeness (QED) is 0.194. The highest BCUT2D eigenvalue weighted by Crippen LogP contribution is 2.32. The zero-order valence-electron chi connectivity index (χ0n) is 18.0. The van der Waals surface area contributed by atoms with Gasteiger partial charge in [-0.3, -0.25) is 19.3 Å². The van der Waals surface area contributed by atoms with Crippen molar-refractivity contribution < 1.29 is 23.9 Å². The van der Waals surface area contributed by atoms with Crippen LogP contribution in [-0.2, 0) is 4.79 Å². The third kappa shape index (κ3) is 6.15. The van der Waals surface area contributed by atoms with E-state index in [0.717, 1.165) is 26.9 Å². The summed E-state index contributed by atoms with van der Waals surface area (Å²) < 4.78 is 12.2. The number of ketones is 1. The van der Waals surface area contributed by atoms with Crippen molar-refractivity contribution in [3.05, 3.63) is 99.4 Å². The van der Waals surface area contributed by atoms with Gasteiger partial charge in [-0.05, 0) is 59.8 Å². The number of imide groups is 1. The number of thioether (sulfide) groups is 1. The first-order valence-corrected chi connectivity index (χ1v) is 12.1. The lowest BCUT2D eigenvalue weighted by molar-refractivity contribution is -0.122. The van der Waals surface area contributed by atoms with Crippen molar-refractivity contribution in [3.63, 3.8) is 0 Å². The lowest BCUT2D eigenvalue weighted by atomic mass is 10.1. The predicted molar refractivity (Wildman–Crippen MR) is 135 cm³/mol. The molecular formula is C26H20BrNO5S. The number of hydrogen-bond acceptors (Lipinski definition) is 6. The number of benzene rings is 3. The minimum absolute atomic E-state index is 0.262. The predicted octanol–water partition coefficient (Wildman–Crippen LogP) is 5.83. The van der Waals surface area contributed by atoms with Crippen molar-refractivity contribution in [1.29, 1.82) is 0 Å². The fraction of sp³-hybridized carbons (Fsp3) is 0.115. The van der Waals surface area contributed by atoms with Gasteiger partial charge in [-0.25, -0.2) is 0 Å². The molecule has 172 valence electrons. The molecule has 0 aliphatic carbocycles. The zero-order valence-corrected chi connectivity index (χ0v) is 20.4. The summed E-state index contributed by atoms with van der Waals surface area (Å²) in [5.41, 5.74) is 1.15. The molecule has 1 aliphatic heterocycles. The van der Waals surface area contributed by atoms with E-state index in [4.69, 9.17) is 9.47 Å². The Morgan fingerprint density at radius 2 is 1.56 bits per heavy atom. The van der Waals surface area contributed by atoms with E-state index in [1.807, 2.05) is 42.5 Å². The van der Waals surface area contributed by atoms with Crippen LogP contribution < -0.4 is 9.47 Å². The third-order valence-electron chi connectivity index (χ3n) is 4.86. The van der Waals surface area contributed by atoms with E-state index in [1.54, 1.807) is 42.5 Å². The number of halogens is 1. The van der Waals surface area contributed by atoms with Gasteiger partial charge in [0, 0.05) is 10.0 Å². The number of carbonyl (C=O) groups is 3. The van der Waals surface area contributed by atoms with Crippen LogP contribution in [0.1, 0.15) is 15.9 Å². The largest absolute Gasteiger partial charge is 0.490 e. The monoisotopic (exact) mass is 537 g/mol. The van der Waals surface area contributed by atoms with E-state index in [9.17, 15) is 14.4 Å². The Hall–Kier alpha value is -3.36. The van der Waals surface area contributed by atoms with Gasteiger partial charge >= 0.3 is 0 Å². The Morgan fingerprint density at radius 3 is 2.29 bits per heavy atom. The summed E-state index contributed by atoms with van der Waals surface area (Å²) in [5, 5.41) is -0.466. The summed E-state index contributed by atoms with van der Waals surface area (Å²) in [4.78, 5) is 38.9. The second-order valence-electron chi connectivity index (χ2n) is 7.28. The molecule has 6 nitrogen and oxygen atoms in total. The van der Waals surface area contributed by atoms with Crippen LogP contribution in [0.25, 0.3) is 6.08 Å². The molecule has 4 rings (SSSR count). The molecule has 1 saturated heterocycles. The Kier molecular flexibility index (Phi) is 7.82. The van der Waals surface area contributed by atoms with Crippen LogP contribution in [0.2, 0.25) is 0 Å². The van der Waals surface area contributed by atoms with E-state index in [1.165, 1.54) is 0 Å². The molecular weight excluding hydrogens is 518 g/mol. The van der Waals surface area contributed by atoms with Crippen LogP contribution in [0.5, 0.6) is 11.5 Å². The molecule has 1 heterocycles. The van der Waals surface area contributed by atoms with Crippen LogP contribution in [0.3, 0.4) is 0 Å². The fourth-order valence-electron chi connectivity index (χ4n) is 3.19. The molecule has 8 heteroatoms. The van der Waals surface area contributed by atoms with Gasteiger partial charge in [0.25, 0.3) is 11.1 Å². The minimum Gasteiger partial charge on any atom is -0.490 e. The van der Waals surface area contributed by atoms with Gasteiger partial charge in [0.1, 0.15) is 24.7 Å². The average molecular weight is 538 g/mol. The summed E-state index contributed by atoms with van der Waals surface area (Å²) in [7, 11) is 0. The van der Waals surface area contributed by atoms with E-state index >= 15 is 0 Å². The Bertz CT molecular complexity index is 1230. The second kappa shape index (κ2) is 11.2. The molecule has 3 aromatic rings. The van der Waals surface area contributed by atoms with Crippen molar-refractivity contribution >= 4 is 50.7 Å². The number of amides is 2. The number of para-hydroxylation sites is 1.